The molecule has 0 atom stereocenters. The van der Waals surface area contributed by atoms with Crippen molar-refractivity contribution in [3.8, 4) is 0 Å². The van der Waals surface area contributed by atoms with Gasteiger partial charge in [0.25, 0.3) is 11.6 Å². The van der Waals surface area contributed by atoms with Crippen LogP contribution in [0.2, 0.25) is 0 Å². The molecule has 0 aromatic heterocycles. The van der Waals surface area contributed by atoms with Gasteiger partial charge in [0, 0.05) is 38.3 Å². The zero-order chi connectivity index (χ0) is 16.1. The Labute approximate surface area is 129 Å². The van der Waals surface area contributed by atoms with Crippen molar-refractivity contribution >= 4 is 17.3 Å². The summed E-state index contributed by atoms with van der Waals surface area (Å²) in [6, 6.07) is 4.44. The number of non-ortho nitro benzene ring substituents is 1. The van der Waals surface area contributed by atoms with E-state index in [4.69, 9.17) is 5.11 Å². The van der Waals surface area contributed by atoms with Crippen LogP contribution in [0.5, 0.6) is 0 Å². The van der Waals surface area contributed by atoms with Crippen LogP contribution in [0, 0.1) is 10.1 Å². The molecule has 0 saturated carbocycles. The summed E-state index contributed by atoms with van der Waals surface area (Å²) in [5.74, 6) is -0.276. The molecule has 22 heavy (non-hydrogen) atoms. The Bertz CT molecular complexity index is 556. The Hall–Kier alpha value is -2.15. The molecule has 0 aliphatic carbocycles. The summed E-state index contributed by atoms with van der Waals surface area (Å²) < 4.78 is 0. The minimum absolute atomic E-state index is 0.0913. The molecule has 0 radical (unpaired) electrons. The van der Waals surface area contributed by atoms with Crippen LogP contribution in [0.4, 0.5) is 11.4 Å². The van der Waals surface area contributed by atoms with Gasteiger partial charge >= 0.3 is 0 Å². The molecule has 1 fully saturated rings. The van der Waals surface area contributed by atoms with Crippen LogP contribution in [-0.4, -0.2) is 53.6 Å². The summed E-state index contributed by atoms with van der Waals surface area (Å²) in [5, 5.41) is 20.1. The predicted octanol–water partition coefficient (Wildman–Crippen LogP) is 1.65. The minimum atomic E-state index is -0.493. The maximum Gasteiger partial charge on any atom is 0.270 e. The fourth-order valence-electron chi connectivity index (χ4n) is 2.74. The fourth-order valence-corrected chi connectivity index (χ4v) is 2.74. The Morgan fingerprint density at radius 3 is 2.64 bits per heavy atom. The number of anilines is 1. The van der Waals surface area contributed by atoms with Crippen molar-refractivity contribution in [2.45, 2.75) is 19.8 Å². The second-order valence-electron chi connectivity index (χ2n) is 5.26. The van der Waals surface area contributed by atoms with Gasteiger partial charge in [-0.1, -0.05) is 0 Å². The summed E-state index contributed by atoms with van der Waals surface area (Å²) in [7, 11) is 0. The van der Waals surface area contributed by atoms with Gasteiger partial charge < -0.3 is 14.9 Å². The molecule has 1 aromatic carbocycles. The van der Waals surface area contributed by atoms with E-state index in [1.165, 1.54) is 17.0 Å². The van der Waals surface area contributed by atoms with Gasteiger partial charge in [0.2, 0.25) is 0 Å². The number of carbonyl (C=O) groups is 1. The van der Waals surface area contributed by atoms with E-state index >= 15 is 0 Å². The molecule has 7 heteroatoms. The molecular weight excluding hydrogens is 286 g/mol. The van der Waals surface area contributed by atoms with Crippen LogP contribution >= 0.6 is 0 Å². The Morgan fingerprint density at radius 2 is 2.09 bits per heavy atom. The zero-order valence-corrected chi connectivity index (χ0v) is 12.7. The standard InChI is InChI=1S/C15H21N3O4/c1-2-16(9-10-19)15(20)13-11-12(18(21)22)5-6-14(13)17-7-3-4-8-17/h5-6,11,19H,2-4,7-10H2,1H3. The van der Waals surface area contributed by atoms with Gasteiger partial charge in [0.05, 0.1) is 22.8 Å². The lowest BCUT2D eigenvalue weighted by atomic mass is 10.1. The number of hydrogen-bond acceptors (Lipinski definition) is 5. The summed E-state index contributed by atoms with van der Waals surface area (Å²) in [6.45, 7) is 4.06. The van der Waals surface area contributed by atoms with Gasteiger partial charge in [-0.15, -0.1) is 0 Å². The van der Waals surface area contributed by atoms with Crippen LogP contribution in [0.3, 0.4) is 0 Å². The van der Waals surface area contributed by atoms with Crippen molar-refractivity contribution in [2.24, 2.45) is 0 Å². The van der Waals surface area contributed by atoms with Gasteiger partial charge in [0.1, 0.15) is 0 Å². The Balaban J connectivity index is 2.41. The third kappa shape index (κ3) is 3.36. The second-order valence-corrected chi connectivity index (χ2v) is 5.26. The van der Waals surface area contributed by atoms with E-state index in [-0.39, 0.29) is 24.7 Å². The third-order valence-corrected chi connectivity index (χ3v) is 3.91. The molecule has 1 aliphatic heterocycles. The van der Waals surface area contributed by atoms with Crippen molar-refractivity contribution < 1.29 is 14.8 Å². The highest BCUT2D eigenvalue weighted by atomic mass is 16.6. The van der Waals surface area contributed by atoms with Crippen molar-refractivity contribution in [1.29, 1.82) is 0 Å². The van der Waals surface area contributed by atoms with Crippen molar-refractivity contribution in [3.05, 3.63) is 33.9 Å². The van der Waals surface area contributed by atoms with E-state index < -0.39 is 4.92 Å². The molecular formula is C15H21N3O4. The second kappa shape index (κ2) is 7.22. The number of hydrogen-bond donors (Lipinski definition) is 1. The van der Waals surface area contributed by atoms with Crippen LogP contribution in [0.1, 0.15) is 30.1 Å². The topological polar surface area (TPSA) is 86.9 Å². The van der Waals surface area contributed by atoms with Crippen LogP contribution < -0.4 is 4.90 Å². The highest BCUT2D eigenvalue weighted by Gasteiger charge is 2.25. The number of likely N-dealkylation sites (N-methyl/N-ethyl adjacent to an activating group) is 1. The third-order valence-electron chi connectivity index (χ3n) is 3.91. The zero-order valence-electron chi connectivity index (χ0n) is 12.7. The molecule has 1 N–H and O–H groups in total. The first-order valence-electron chi connectivity index (χ1n) is 7.52. The number of aliphatic hydroxyl groups is 1. The normalized spacial score (nSPS) is 14.2. The lowest BCUT2D eigenvalue weighted by Gasteiger charge is -2.25. The fraction of sp³-hybridized carbons (Fsp3) is 0.533. The number of aliphatic hydroxyl groups excluding tert-OH is 1. The summed E-state index contributed by atoms with van der Waals surface area (Å²) in [6.07, 6.45) is 2.11. The monoisotopic (exact) mass is 307 g/mol. The Kier molecular flexibility index (Phi) is 5.32. The molecule has 0 unspecified atom stereocenters. The lowest BCUT2D eigenvalue weighted by molar-refractivity contribution is -0.384. The number of nitrogens with zero attached hydrogens (tertiary/aromatic N) is 3. The number of nitro groups is 1. The number of benzene rings is 1. The van der Waals surface area contributed by atoms with Crippen LogP contribution in [0.25, 0.3) is 0 Å². The lowest BCUT2D eigenvalue weighted by Crippen LogP contribution is -2.34. The maximum absolute atomic E-state index is 12.7. The molecule has 0 bridgehead atoms. The van der Waals surface area contributed by atoms with Gasteiger partial charge in [-0.05, 0) is 25.8 Å². The van der Waals surface area contributed by atoms with E-state index in [1.54, 1.807) is 6.07 Å². The van der Waals surface area contributed by atoms with Crippen LogP contribution in [-0.2, 0) is 0 Å². The van der Waals surface area contributed by atoms with Gasteiger partial charge in [-0.25, -0.2) is 0 Å². The molecule has 120 valence electrons. The number of carbonyl (C=O) groups excluding carboxylic acids is 1. The van der Waals surface area contributed by atoms with Crippen LogP contribution in [0.15, 0.2) is 18.2 Å². The molecule has 1 saturated heterocycles. The maximum atomic E-state index is 12.7. The molecule has 1 aromatic rings. The minimum Gasteiger partial charge on any atom is -0.395 e. The first kappa shape index (κ1) is 16.2. The van der Waals surface area contributed by atoms with Crippen molar-refractivity contribution in [1.82, 2.24) is 4.90 Å². The predicted molar refractivity (Wildman–Crippen MR) is 83.2 cm³/mol. The largest absolute Gasteiger partial charge is 0.395 e. The van der Waals surface area contributed by atoms with E-state index in [2.05, 4.69) is 4.90 Å². The quantitative estimate of drug-likeness (QED) is 0.638. The molecule has 1 amide bonds. The molecule has 2 rings (SSSR count). The molecule has 1 aliphatic rings. The van der Waals surface area contributed by atoms with E-state index in [0.29, 0.717) is 12.1 Å². The first-order valence-corrected chi connectivity index (χ1v) is 7.52. The van der Waals surface area contributed by atoms with E-state index in [1.807, 2.05) is 6.92 Å². The number of amides is 1. The molecule has 0 spiro atoms. The van der Waals surface area contributed by atoms with Crippen molar-refractivity contribution in [3.63, 3.8) is 0 Å². The van der Waals surface area contributed by atoms with Crippen molar-refractivity contribution in [2.75, 3.05) is 37.7 Å². The average molecular weight is 307 g/mol. The summed E-state index contributed by atoms with van der Waals surface area (Å²) in [5.41, 5.74) is 0.988. The van der Waals surface area contributed by atoms with Gasteiger partial charge in [0.15, 0.2) is 0 Å². The Morgan fingerprint density at radius 1 is 1.41 bits per heavy atom. The van der Waals surface area contributed by atoms with E-state index in [0.717, 1.165) is 31.6 Å². The average Bonchev–Trinajstić information content (AvgIpc) is 3.05. The van der Waals surface area contributed by atoms with E-state index in [9.17, 15) is 14.9 Å². The smallest absolute Gasteiger partial charge is 0.270 e. The SMILES string of the molecule is CCN(CCO)C(=O)c1cc([N+](=O)[O-])ccc1N1CCCC1. The molecule has 7 nitrogen and oxygen atoms in total. The summed E-state index contributed by atoms with van der Waals surface area (Å²) in [4.78, 5) is 26.8. The highest BCUT2D eigenvalue weighted by Crippen LogP contribution is 2.29. The first-order chi connectivity index (χ1) is 10.6. The highest BCUT2D eigenvalue weighted by molar-refractivity contribution is 6.00. The number of rotatable bonds is 6. The van der Waals surface area contributed by atoms with Gasteiger partial charge in [-0.3, -0.25) is 14.9 Å². The number of nitro benzene ring substituents is 1. The summed E-state index contributed by atoms with van der Waals surface area (Å²) >= 11 is 0. The van der Waals surface area contributed by atoms with Gasteiger partial charge in [-0.2, -0.15) is 0 Å². The molecule has 1 heterocycles.